The van der Waals surface area contributed by atoms with Crippen molar-refractivity contribution in [2.75, 3.05) is 10.6 Å². The minimum atomic E-state index is -0.188. The minimum Gasteiger partial charge on any atom is -0.421 e. The zero-order valence-electron chi connectivity index (χ0n) is 18.8. The summed E-state index contributed by atoms with van der Waals surface area (Å²) in [5.74, 6) is 0.473. The molecule has 0 spiro atoms. The van der Waals surface area contributed by atoms with E-state index in [1.807, 2.05) is 49.5 Å². The summed E-state index contributed by atoms with van der Waals surface area (Å²) in [6, 6.07) is 16.8. The van der Waals surface area contributed by atoms with Gasteiger partial charge in [-0.05, 0) is 71.8 Å². The number of pyridine rings is 1. The fraction of sp³-hybridized carbons (Fsp3) is 0.0769. The third-order valence-electron chi connectivity index (χ3n) is 4.96. The van der Waals surface area contributed by atoms with E-state index in [0.29, 0.717) is 17.0 Å². The minimum absolute atomic E-state index is 0.0240. The fourth-order valence-electron chi connectivity index (χ4n) is 3.16. The van der Waals surface area contributed by atoms with E-state index in [0.717, 1.165) is 22.5 Å². The molecule has 1 amide bonds. The van der Waals surface area contributed by atoms with E-state index in [1.165, 1.54) is 12.0 Å². The van der Waals surface area contributed by atoms with Crippen molar-refractivity contribution >= 4 is 59.4 Å². The molecular weight excluding hydrogens is 497 g/mol. The van der Waals surface area contributed by atoms with E-state index >= 15 is 0 Å². The molecule has 3 aromatic rings. The Kier molecular flexibility index (Phi) is 8.83. The first-order chi connectivity index (χ1) is 17.1. The number of anilines is 2. The molecule has 0 aliphatic carbocycles. The average Bonchev–Trinajstić information content (AvgIpc) is 3.35. The number of nitrogens with zero attached hydrogens (tertiary/aromatic N) is 1. The zero-order valence-corrected chi connectivity index (χ0v) is 21.4. The van der Waals surface area contributed by atoms with Gasteiger partial charge in [-0.25, -0.2) is 0 Å². The van der Waals surface area contributed by atoms with E-state index in [-0.39, 0.29) is 11.4 Å². The summed E-state index contributed by atoms with van der Waals surface area (Å²) in [7, 11) is 0. The van der Waals surface area contributed by atoms with Crippen LogP contribution in [0.2, 0.25) is 0 Å². The molecule has 178 valence electrons. The van der Waals surface area contributed by atoms with E-state index in [1.54, 1.807) is 59.1 Å². The molecule has 0 bridgehead atoms. The van der Waals surface area contributed by atoms with Crippen LogP contribution in [0.4, 0.5) is 11.4 Å². The highest BCUT2D eigenvalue weighted by Gasteiger charge is 2.18. The van der Waals surface area contributed by atoms with Crippen LogP contribution in [0.25, 0.3) is 5.70 Å². The van der Waals surface area contributed by atoms with E-state index in [9.17, 15) is 4.79 Å². The molecule has 4 rings (SSSR count). The predicted octanol–water partition coefficient (Wildman–Crippen LogP) is 6.66. The Hall–Kier alpha value is -3.27. The molecule has 1 unspecified atom stereocenters. The third-order valence-corrected chi connectivity index (χ3v) is 6.56. The van der Waals surface area contributed by atoms with Crippen LogP contribution in [0.3, 0.4) is 0 Å². The number of thioether (sulfide) groups is 1. The normalized spacial score (nSPS) is 15.1. The van der Waals surface area contributed by atoms with Crippen LogP contribution in [0.1, 0.15) is 21.5 Å². The van der Waals surface area contributed by atoms with Crippen molar-refractivity contribution in [1.82, 2.24) is 10.3 Å². The number of carbonyl (C=O) groups is 1. The molecule has 1 atom stereocenters. The lowest BCUT2D eigenvalue weighted by molar-refractivity contribution is 0.102. The van der Waals surface area contributed by atoms with Gasteiger partial charge in [0.25, 0.3) is 5.91 Å². The first-order valence-electron chi connectivity index (χ1n) is 10.7. The SMILES string of the molecule is Cc1ccc(NC(=O)c2ccc(OS/C=C/C=C\S)cc2)cc1NC1NC(c2cccnc2)=CS1. The molecule has 0 fully saturated rings. The number of nitrogens with one attached hydrogen (secondary N) is 3. The fourth-order valence-corrected chi connectivity index (χ4v) is 4.56. The smallest absolute Gasteiger partial charge is 0.255 e. The summed E-state index contributed by atoms with van der Waals surface area (Å²) in [6.45, 7) is 2.03. The monoisotopic (exact) mass is 520 g/mol. The maximum atomic E-state index is 12.8. The molecule has 2 heterocycles. The van der Waals surface area contributed by atoms with Gasteiger partial charge in [-0.2, -0.15) is 12.6 Å². The molecule has 9 heteroatoms. The van der Waals surface area contributed by atoms with Crippen molar-refractivity contribution in [3.8, 4) is 5.75 Å². The molecule has 0 saturated heterocycles. The van der Waals surface area contributed by atoms with Gasteiger partial charge in [0.1, 0.15) is 11.2 Å². The quantitative estimate of drug-likeness (QED) is 0.143. The molecule has 1 aromatic heterocycles. The molecular formula is C26H24N4O2S3. The number of allylic oxidation sites excluding steroid dienone is 2. The summed E-state index contributed by atoms with van der Waals surface area (Å²) < 4.78 is 5.55. The maximum Gasteiger partial charge on any atom is 0.255 e. The second-order valence-electron chi connectivity index (χ2n) is 7.44. The summed E-state index contributed by atoms with van der Waals surface area (Å²) in [6.07, 6.45) is 7.20. The number of benzene rings is 2. The van der Waals surface area contributed by atoms with Gasteiger partial charge in [0.15, 0.2) is 0 Å². The van der Waals surface area contributed by atoms with Crippen molar-refractivity contribution in [2.45, 2.75) is 12.4 Å². The Bertz CT molecular complexity index is 1250. The second-order valence-corrected chi connectivity index (χ2v) is 9.34. The molecule has 0 saturated carbocycles. The molecule has 3 N–H and O–H groups in total. The summed E-state index contributed by atoms with van der Waals surface area (Å²) >= 11 is 6.82. The lowest BCUT2D eigenvalue weighted by Crippen LogP contribution is -2.28. The van der Waals surface area contributed by atoms with Crippen LogP contribution in [0.15, 0.2) is 95.4 Å². The maximum absolute atomic E-state index is 12.8. The summed E-state index contributed by atoms with van der Waals surface area (Å²) in [5.41, 5.74) is 5.32. The van der Waals surface area contributed by atoms with Crippen LogP contribution in [0, 0.1) is 6.92 Å². The lowest BCUT2D eigenvalue weighted by atomic mass is 10.1. The van der Waals surface area contributed by atoms with Crippen LogP contribution >= 0.6 is 36.4 Å². The van der Waals surface area contributed by atoms with Crippen molar-refractivity contribution in [2.24, 2.45) is 0 Å². The van der Waals surface area contributed by atoms with Crippen LogP contribution in [0.5, 0.6) is 5.75 Å². The Morgan fingerprint density at radius 3 is 2.83 bits per heavy atom. The molecule has 6 nitrogen and oxygen atoms in total. The number of hydrogen-bond donors (Lipinski definition) is 4. The Morgan fingerprint density at radius 1 is 1.20 bits per heavy atom. The van der Waals surface area contributed by atoms with E-state index < -0.39 is 0 Å². The molecule has 1 aliphatic rings. The summed E-state index contributed by atoms with van der Waals surface area (Å²) in [5, 5.41) is 15.4. The Labute approximate surface area is 219 Å². The highest BCUT2D eigenvalue weighted by Crippen LogP contribution is 2.30. The van der Waals surface area contributed by atoms with Gasteiger partial charge in [-0.1, -0.05) is 30.0 Å². The predicted molar refractivity (Wildman–Crippen MR) is 151 cm³/mol. The highest BCUT2D eigenvalue weighted by atomic mass is 32.2. The van der Waals surface area contributed by atoms with Gasteiger partial charge in [0.2, 0.25) is 0 Å². The Balaban J connectivity index is 1.33. The Morgan fingerprint density at radius 2 is 2.06 bits per heavy atom. The van der Waals surface area contributed by atoms with Gasteiger partial charge in [0, 0.05) is 40.3 Å². The number of carbonyl (C=O) groups excluding carboxylic acids is 1. The largest absolute Gasteiger partial charge is 0.421 e. The van der Waals surface area contributed by atoms with Gasteiger partial charge in [-0.15, -0.1) is 0 Å². The first-order valence-corrected chi connectivity index (χ1v) is 13.0. The number of aromatic nitrogens is 1. The second kappa shape index (κ2) is 12.4. The van der Waals surface area contributed by atoms with Crippen LogP contribution in [-0.4, -0.2) is 16.4 Å². The van der Waals surface area contributed by atoms with Crippen LogP contribution in [-0.2, 0) is 0 Å². The van der Waals surface area contributed by atoms with Gasteiger partial charge >= 0.3 is 0 Å². The zero-order chi connectivity index (χ0) is 24.5. The topological polar surface area (TPSA) is 75.3 Å². The average molecular weight is 521 g/mol. The van der Waals surface area contributed by atoms with Crippen molar-refractivity contribution < 1.29 is 8.98 Å². The lowest BCUT2D eigenvalue weighted by Gasteiger charge is -2.18. The molecule has 0 radical (unpaired) electrons. The molecule has 2 aromatic carbocycles. The van der Waals surface area contributed by atoms with E-state index in [4.69, 9.17) is 4.18 Å². The summed E-state index contributed by atoms with van der Waals surface area (Å²) in [4.78, 5) is 16.9. The molecule has 1 aliphatic heterocycles. The number of thiol groups is 1. The van der Waals surface area contributed by atoms with Gasteiger partial charge < -0.3 is 20.1 Å². The van der Waals surface area contributed by atoms with Crippen molar-refractivity contribution in [1.29, 1.82) is 0 Å². The number of rotatable bonds is 9. The van der Waals surface area contributed by atoms with Crippen molar-refractivity contribution in [3.63, 3.8) is 0 Å². The van der Waals surface area contributed by atoms with Gasteiger partial charge in [0.05, 0.1) is 17.7 Å². The van der Waals surface area contributed by atoms with Crippen LogP contribution < -0.4 is 20.1 Å². The standard InChI is InChI=1S/C26H24N4O2S3/c1-18-6-9-21(15-23(18)29-26-30-24(17-34-26)20-5-4-12-27-16-20)28-25(31)19-7-10-22(11-8-19)32-35-14-3-2-13-33/h2-17,26,29-30,33H,1H3,(H,28,31)/b13-2-,14-3+. The van der Waals surface area contributed by atoms with Crippen molar-refractivity contribution in [3.05, 3.63) is 112 Å². The molecule has 35 heavy (non-hydrogen) atoms. The highest BCUT2D eigenvalue weighted by molar-refractivity contribution is 8.03. The van der Waals surface area contributed by atoms with E-state index in [2.05, 4.69) is 39.0 Å². The number of hydrogen-bond acceptors (Lipinski definition) is 8. The third kappa shape index (κ3) is 7.11. The number of amides is 1. The first kappa shape index (κ1) is 24.8. The van der Waals surface area contributed by atoms with Gasteiger partial charge in [-0.3, -0.25) is 9.78 Å². The number of aryl methyl sites for hydroxylation is 1.